The van der Waals surface area contributed by atoms with Crippen molar-refractivity contribution in [2.75, 3.05) is 0 Å². The number of aromatic amines is 1. The Kier molecular flexibility index (Phi) is 2.62. The van der Waals surface area contributed by atoms with E-state index in [4.69, 9.17) is 0 Å². The van der Waals surface area contributed by atoms with Crippen LogP contribution in [0.4, 0.5) is 0 Å². The van der Waals surface area contributed by atoms with Crippen LogP contribution < -0.4 is 4.57 Å². The van der Waals surface area contributed by atoms with Gasteiger partial charge in [-0.05, 0) is 23.6 Å². The molecule has 0 saturated carbocycles. The summed E-state index contributed by atoms with van der Waals surface area (Å²) in [6.45, 7) is 0. The summed E-state index contributed by atoms with van der Waals surface area (Å²) in [4.78, 5) is 0. The number of hydrogen-bond donors (Lipinski definition) is 1. The van der Waals surface area contributed by atoms with Crippen molar-refractivity contribution in [2.24, 2.45) is 0 Å². The molecule has 1 N–H and O–H groups in total. The first-order chi connectivity index (χ1) is 15.4. The molecule has 4 heteroatoms. The topological polar surface area (TPSA) is 28.5 Å². The van der Waals surface area contributed by atoms with E-state index in [9.17, 15) is 0 Å². The summed E-state index contributed by atoms with van der Waals surface area (Å²) >= 11 is 0. The molecule has 8 rings (SSSR count). The fourth-order valence-electron chi connectivity index (χ4n) is 5.49. The third kappa shape index (κ3) is 1.75. The van der Waals surface area contributed by atoms with Crippen molar-refractivity contribution >= 4 is 54.5 Å². The standard InChI is InChI=1S/C27H17N4/c1-2-7-18(8-3-1)30-22-15-13-17-12-14-20-19-9-4-5-10-21(19)31-26(20)24(17)25(22)27-23(30)11-6-16-29(27)28-31/h1-16,28H/q+1. The van der Waals surface area contributed by atoms with Crippen molar-refractivity contribution < 1.29 is 4.57 Å². The highest BCUT2D eigenvalue weighted by Crippen LogP contribution is 2.39. The molecule has 4 aromatic carbocycles. The van der Waals surface area contributed by atoms with E-state index in [1.54, 1.807) is 0 Å². The molecule has 4 heterocycles. The van der Waals surface area contributed by atoms with Gasteiger partial charge in [-0.2, -0.15) is 4.57 Å². The van der Waals surface area contributed by atoms with Crippen LogP contribution in [-0.4, -0.2) is 14.2 Å². The van der Waals surface area contributed by atoms with Gasteiger partial charge in [0.2, 0.25) is 16.7 Å². The zero-order valence-electron chi connectivity index (χ0n) is 16.6. The molecule has 0 aliphatic rings. The van der Waals surface area contributed by atoms with E-state index in [2.05, 4.69) is 116 Å². The van der Waals surface area contributed by atoms with E-state index in [-0.39, 0.29) is 0 Å². The third-order valence-corrected chi connectivity index (χ3v) is 6.71. The van der Waals surface area contributed by atoms with Crippen LogP contribution in [0.25, 0.3) is 60.2 Å². The third-order valence-electron chi connectivity index (χ3n) is 6.71. The number of nitrogens with zero attached hydrogens (tertiary/aromatic N) is 3. The first-order valence-corrected chi connectivity index (χ1v) is 10.6. The molecule has 0 radical (unpaired) electrons. The van der Waals surface area contributed by atoms with E-state index in [0.717, 1.165) is 0 Å². The van der Waals surface area contributed by atoms with E-state index in [1.807, 2.05) is 0 Å². The zero-order valence-corrected chi connectivity index (χ0v) is 16.6. The number of nitrogens with one attached hydrogen (secondary N) is 1. The molecule has 0 unspecified atom stereocenters. The molecule has 0 bridgehead atoms. The van der Waals surface area contributed by atoms with Gasteiger partial charge in [0.1, 0.15) is 0 Å². The minimum absolute atomic E-state index is 1.17. The van der Waals surface area contributed by atoms with E-state index < -0.39 is 0 Å². The lowest BCUT2D eigenvalue weighted by Crippen LogP contribution is -2.29. The smallest absolute Gasteiger partial charge is 0.238 e. The second-order valence-corrected chi connectivity index (χ2v) is 8.26. The highest BCUT2D eigenvalue weighted by atomic mass is 15.4. The molecule has 4 aromatic heterocycles. The van der Waals surface area contributed by atoms with Crippen molar-refractivity contribution in [1.82, 2.24) is 14.2 Å². The normalized spacial score (nSPS) is 12.5. The number of fused-ring (bicyclic) bond motifs is 3. The highest BCUT2D eigenvalue weighted by Gasteiger charge is 2.28. The van der Waals surface area contributed by atoms with Crippen molar-refractivity contribution in [3.8, 4) is 5.69 Å². The molecule has 0 aliphatic carbocycles. The van der Waals surface area contributed by atoms with Gasteiger partial charge in [-0.15, -0.1) is 0 Å². The van der Waals surface area contributed by atoms with Gasteiger partial charge < -0.3 is 0 Å². The Morgan fingerprint density at radius 2 is 1.45 bits per heavy atom. The van der Waals surface area contributed by atoms with Crippen LogP contribution in [0.1, 0.15) is 0 Å². The van der Waals surface area contributed by atoms with Gasteiger partial charge in [0.25, 0.3) is 0 Å². The summed E-state index contributed by atoms with van der Waals surface area (Å²) in [6, 6.07) is 32.6. The van der Waals surface area contributed by atoms with Crippen LogP contribution in [0, 0.1) is 0 Å². The number of pyridine rings is 1. The Morgan fingerprint density at radius 1 is 0.613 bits per heavy atom. The Bertz CT molecular complexity index is 1930. The summed E-state index contributed by atoms with van der Waals surface area (Å²) in [5.74, 6) is 0. The molecule has 0 spiro atoms. The van der Waals surface area contributed by atoms with Crippen LogP contribution >= 0.6 is 0 Å². The van der Waals surface area contributed by atoms with Crippen LogP contribution in [-0.2, 0) is 0 Å². The lowest BCUT2D eigenvalue weighted by molar-refractivity contribution is -0.536. The minimum atomic E-state index is 1.17. The largest absolute Gasteiger partial charge is 0.241 e. The number of H-pyrrole nitrogens is 1. The summed E-state index contributed by atoms with van der Waals surface area (Å²) in [5.41, 5.74) is 7.21. The van der Waals surface area contributed by atoms with Gasteiger partial charge in [0, 0.05) is 46.6 Å². The van der Waals surface area contributed by atoms with Gasteiger partial charge in [0.15, 0.2) is 5.52 Å². The molecule has 0 atom stereocenters. The van der Waals surface area contributed by atoms with Crippen LogP contribution in [0.5, 0.6) is 0 Å². The second-order valence-electron chi connectivity index (χ2n) is 8.26. The first-order valence-electron chi connectivity index (χ1n) is 10.6. The zero-order chi connectivity index (χ0) is 20.1. The lowest BCUT2D eigenvalue weighted by Gasteiger charge is -2.02. The van der Waals surface area contributed by atoms with Gasteiger partial charge in [0.05, 0.1) is 16.4 Å². The summed E-state index contributed by atoms with van der Waals surface area (Å²) < 4.78 is 6.79. The molecular weight excluding hydrogens is 380 g/mol. The average Bonchev–Trinajstić information content (AvgIpc) is 3.27. The van der Waals surface area contributed by atoms with Gasteiger partial charge in [-0.1, -0.05) is 48.5 Å². The Morgan fingerprint density at radius 3 is 2.39 bits per heavy atom. The Balaban J connectivity index is 1.78. The minimum Gasteiger partial charge on any atom is -0.241 e. The molecule has 0 fully saturated rings. The van der Waals surface area contributed by atoms with E-state index >= 15 is 0 Å². The number of benzene rings is 4. The number of para-hydroxylation sites is 2. The molecule has 31 heavy (non-hydrogen) atoms. The predicted octanol–water partition coefficient (Wildman–Crippen LogP) is 5.85. The van der Waals surface area contributed by atoms with Crippen molar-refractivity contribution in [3.05, 3.63) is 97.2 Å². The fourth-order valence-corrected chi connectivity index (χ4v) is 5.49. The predicted molar refractivity (Wildman–Crippen MR) is 125 cm³/mol. The molecule has 0 aliphatic heterocycles. The van der Waals surface area contributed by atoms with Gasteiger partial charge in [-0.3, -0.25) is 0 Å². The molecule has 0 saturated heterocycles. The molecule has 8 aromatic rings. The highest BCUT2D eigenvalue weighted by molar-refractivity contribution is 6.28. The van der Waals surface area contributed by atoms with Crippen LogP contribution in [0.3, 0.4) is 0 Å². The van der Waals surface area contributed by atoms with E-state index in [1.165, 1.54) is 60.2 Å². The van der Waals surface area contributed by atoms with Crippen LogP contribution in [0.2, 0.25) is 0 Å². The van der Waals surface area contributed by atoms with E-state index in [0.29, 0.717) is 0 Å². The summed E-state index contributed by atoms with van der Waals surface area (Å²) in [6.07, 6.45) is 2.11. The SMILES string of the molecule is c1ccc(-[n+]2c3ccc4ccc5c6ccccc6n6[nH]n7cccc2c7c3c4c56)cc1. The quantitative estimate of drug-likeness (QED) is 0.337. The first kappa shape index (κ1) is 15.5. The van der Waals surface area contributed by atoms with Gasteiger partial charge in [-0.25, -0.2) is 14.2 Å². The molecule has 4 nitrogen and oxygen atoms in total. The molecular formula is C27H17N4+. The second kappa shape index (κ2) is 5.24. The van der Waals surface area contributed by atoms with Crippen molar-refractivity contribution in [1.29, 1.82) is 0 Å². The van der Waals surface area contributed by atoms with Crippen molar-refractivity contribution in [2.45, 2.75) is 0 Å². The monoisotopic (exact) mass is 397 g/mol. The number of rotatable bonds is 1. The summed E-state index contributed by atoms with van der Waals surface area (Å²) in [7, 11) is 0. The van der Waals surface area contributed by atoms with Crippen molar-refractivity contribution in [3.63, 3.8) is 0 Å². The Hall–Kier alpha value is -4.31. The lowest BCUT2D eigenvalue weighted by atomic mass is 10.0. The maximum absolute atomic E-state index is 3.69. The maximum Gasteiger partial charge on any atom is 0.238 e. The number of hydrogen-bond acceptors (Lipinski definition) is 0. The maximum atomic E-state index is 3.69. The Labute approximate surface area is 176 Å². The average molecular weight is 397 g/mol. The van der Waals surface area contributed by atoms with Crippen LogP contribution in [0.15, 0.2) is 97.2 Å². The fraction of sp³-hybridized carbons (Fsp3) is 0. The van der Waals surface area contributed by atoms with Gasteiger partial charge >= 0.3 is 0 Å². The summed E-state index contributed by atoms with van der Waals surface area (Å²) in [5, 5.41) is 10.1. The molecule has 144 valence electrons. The molecule has 0 amide bonds. The number of aromatic nitrogens is 4.